The van der Waals surface area contributed by atoms with Crippen molar-refractivity contribution in [1.82, 2.24) is 20.2 Å². The lowest BCUT2D eigenvalue weighted by Gasteiger charge is -2.10. The molecule has 9 heteroatoms. The number of benzene rings is 2. The highest BCUT2D eigenvalue weighted by Crippen LogP contribution is 2.23. The number of hydrogen-bond acceptors (Lipinski definition) is 6. The average Bonchev–Trinajstić information content (AvgIpc) is 3.12. The number of rotatable bonds is 7. The van der Waals surface area contributed by atoms with Gasteiger partial charge in [-0.05, 0) is 36.4 Å². The van der Waals surface area contributed by atoms with E-state index in [1.807, 2.05) is 13.0 Å². The van der Waals surface area contributed by atoms with E-state index in [1.54, 1.807) is 42.5 Å². The van der Waals surface area contributed by atoms with Crippen LogP contribution in [0, 0.1) is 0 Å². The molecule has 3 rings (SSSR count). The molecule has 27 heavy (non-hydrogen) atoms. The number of aromatic nitrogens is 4. The van der Waals surface area contributed by atoms with Gasteiger partial charge in [-0.2, -0.15) is 4.80 Å². The number of ether oxygens (including phenoxy) is 1. The molecule has 3 N–H and O–H groups in total. The summed E-state index contributed by atoms with van der Waals surface area (Å²) in [6.07, 6.45) is 0. The number of carbonyl (C=O) groups is 2. The fourth-order valence-corrected chi connectivity index (χ4v) is 2.38. The Morgan fingerprint density at radius 1 is 1.15 bits per heavy atom. The van der Waals surface area contributed by atoms with Crippen LogP contribution in [0.5, 0.6) is 5.75 Å². The predicted octanol–water partition coefficient (Wildman–Crippen LogP) is 1.48. The summed E-state index contributed by atoms with van der Waals surface area (Å²) in [5.41, 5.74) is 6.84. The summed E-state index contributed by atoms with van der Waals surface area (Å²) in [6.45, 7) is 2.26. The molecule has 0 saturated heterocycles. The molecule has 0 bridgehead atoms. The minimum Gasteiger partial charge on any atom is -0.492 e. The Hall–Kier alpha value is -3.75. The van der Waals surface area contributed by atoms with Crippen LogP contribution in [0.15, 0.2) is 48.5 Å². The summed E-state index contributed by atoms with van der Waals surface area (Å²) < 4.78 is 5.48. The third-order valence-electron chi connectivity index (χ3n) is 3.63. The first-order valence-electron chi connectivity index (χ1n) is 8.26. The molecule has 0 aliphatic heterocycles. The number of anilines is 1. The molecule has 0 atom stereocenters. The molecule has 1 heterocycles. The molecule has 2 aromatic carbocycles. The van der Waals surface area contributed by atoms with Gasteiger partial charge in [0.1, 0.15) is 12.3 Å². The van der Waals surface area contributed by atoms with Crippen LogP contribution in [-0.4, -0.2) is 38.6 Å². The third kappa shape index (κ3) is 4.46. The molecule has 0 spiro atoms. The zero-order valence-corrected chi connectivity index (χ0v) is 14.6. The Labute approximate surface area is 155 Å². The Bertz CT molecular complexity index is 952. The van der Waals surface area contributed by atoms with E-state index in [0.717, 1.165) is 0 Å². The molecule has 3 aromatic rings. The van der Waals surface area contributed by atoms with Crippen LogP contribution in [-0.2, 0) is 11.3 Å². The quantitative estimate of drug-likeness (QED) is 0.652. The Kier molecular flexibility index (Phi) is 5.41. The second-order valence-corrected chi connectivity index (χ2v) is 5.56. The minimum atomic E-state index is -0.512. The predicted molar refractivity (Wildman–Crippen MR) is 98.0 cm³/mol. The van der Waals surface area contributed by atoms with Gasteiger partial charge in [0.2, 0.25) is 17.6 Å². The number of nitrogens with one attached hydrogen (secondary N) is 1. The molecule has 2 amide bonds. The molecular weight excluding hydrogens is 348 g/mol. The van der Waals surface area contributed by atoms with E-state index in [-0.39, 0.29) is 12.5 Å². The maximum atomic E-state index is 12.3. The van der Waals surface area contributed by atoms with Gasteiger partial charge in [-0.15, -0.1) is 10.2 Å². The van der Waals surface area contributed by atoms with E-state index in [4.69, 9.17) is 10.5 Å². The molecule has 0 aliphatic rings. The van der Waals surface area contributed by atoms with E-state index in [9.17, 15) is 9.59 Å². The van der Waals surface area contributed by atoms with E-state index < -0.39 is 5.91 Å². The minimum absolute atomic E-state index is 0.104. The number of primary amides is 1. The van der Waals surface area contributed by atoms with Crippen LogP contribution in [0.4, 0.5) is 5.69 Å². The molecule has 0 fully saturated rings. The molecule has 1 aromatic heterocycles. The van der Waals surface area contributed by atoms with Crippen molar-refractivity contribution in [2.75, 3.05) is 11.9 Å². The number of tetrazole rings is 1. The highest BCUT2D eigenvalue weighted by Gasteiger charge is 2.12. The molecule has 138 valence electrons. The number of nitrogens with two attached hydrogens (primary N) is 1. The summed E-state index contributed by atoms with van der Waals surface area (Å²) in [5.74, 6) is 0.112. The SMILES string of the molecule is CCOc1ccccc1NC(=O)Cn1nnc(-c2ccc(C(N)=O)cc2)n1. The normalized spacial score (nSPS) is 10.4. The third-order valence-corrected chi connectivity index (χ3v) is 3.63. The maximum absolute atomic E-state index is 12.3. The second kappa shape index (κ2) is 8.09. The van der Waals surface area contributed by atoms with Gasteiger partial charge in [-0.1, -0.05) is 24.3 Å². The number of para-hydroxylation sites is 2. The first-order chi connectivity index (χ1) is 13.1. The van der Waals surface area contributed by atoms with Crippen molar-refractivity contribution in [2.45, 2.75) is 13.5 Å². The summed E-state index contributed by atoms with van der Waals surface area (Å²) >= 11 is 0. The zero-order chi connectivity index (χ0) is 19.2. The lowest BCUT2D eigenvalue weighted by Crippen LogP contribution is -2.20. The summed E-state index contributed by atoms with van der Waals surface area (Å²) in [6, 6.07) is 13.7. The highest BCUT2D eigenvalue weighted by atomic mass is 16.5. The van der Waals surface area contributed by atoms with Crippen LogP contribution in [0.25, 0.3) is 11.4 Å². The maximum Gasteiger partial charge on any atom is 0.248 e. The van der Waals surface area contributed by atoms with E-state index >= 15 is 0 Å². The van der Waals surface area contributed by atoms with Crippen molar-refractivity contribution in [3.63, 3.8) is 0 Å². The second-order valence-electron chi connectivity index (χ2n) is 5.56. The highest BCUT2D eigenvalue weighted by molar-refractivity contribution is 5.93. The van der Waals surface area contributed by atoms with Crippen molar-refractivity contribution in [1.29, 1.82) is 0 Å². The topological polar surface area (TPSA) is 125 Å². The van der Waals surface area contributed by atoms with Crippen molar-refractivity contribution < 1.29 is 14.3 Å². The van der Waals surface area contributed by atoms with Gasteiger partial charge in [-0.25, -0.2) is 0 Å². The largest absolute Gasteiger partial charge is 0.492 e. The molecule has 0 saturated carbocycles. The number of amides is 2. The van der Waals surface area contributed by atoms with Crippen molar-refractivity contribution >= 4 is 17.5 Å². The van der Waals surface area contributed by atoms with Crippen LogP contribution in [0.2, 0.25) is 0 Å². The van der Waals surface area contributed by atoms with Crippen molar-refractivity contribution in [3.8, 4) is 17.1 Å². The van der Waals surface area contributed by atoms with Crippen molar-refractivity contribution in [3.05, 3.63) is 54.1 Å². The van der Waals surface area contributed by atoms with Gasteiger partial charge in [-0.3, -0.25) is 9.59 Å². The van der Waals surface area contributed by atoms with Gasteiger partial charge in [0.25, 0.3) is 0 Å². The molecule has 0 unspecified atom stereocenters. The van der Waals surface area contributed by atoms with Crippen molar-refractivity contribution in [2.24, 2.45) is 5.73 Å². The summed E-state index contributed by atoms with van der Waals surface area (Å²) in [7, 11) is 0. The van der Waals surface area contributed by atoms with E-state index in [1.165, 1.54) is 4.80 Å². The molecule has 0 radical (unpaired) electrons. The van der Waals surface area contributed by atoms with Gasteiger partial charge >= 0.3 is 0 Å². The van der Waals surface area contributed by atoms with Crippen LogP contribution in [0.3, 0.4) is 0 Å². The fraction of sp³-hybridized carbons (Fsp3) is 0.167. The van der Waals surface area contributed by atoms with Gasteiger partial charge in [0.15, 0.2) is 0 Å². The van der Waals surface area contributed by atoms with E-state index in [2.05, 4.69) is 20.7 Å². The van der Waals surface area contributed by atoms with Gasteiger partial charge in [0.05, 0.1) is 12.3 Å². The number of hydrogen-bond donors (Lipinski definition) is 2. The number of nitrogens with zero attached hydrogens (tertiary/aromatic N) is 4. The van der Waals surface area contributed by atoms with Gasteiger partial charge in [0, 0.05) is 11.1 Å². The Morgan fingerprint density at radius 3 is 2.59 bits per heavy atom. The number of carbonyl (C=O) groups excluding carboxylic acids is 2. The smallest absolute Gasteiger partial charge is 0.248 e. The average molecular weight is 366 g/mol. The van der Waals surface area contributed by atoms with Gasteiger partial charge < -0.3 is 15.8 Å². The van der Waals surface area contributed by atoms with Crippen LogP contribution in [0.1, 0.15) is 17.3 Å². The molecule has 0 aliphatic carbocycles. The first kappa shape index (κ1) is 18.1. The lowest BCUT2D eigenvalue weighted by atomic mass is 10.1. The Morgan fingerprint density at radius 2 is 1.89 bits per heavy atom. The van der Waals surface area contributed by atoms with Crippen LogP contribution >= 0.6 is 0 Å². The van der Waals surface area contributed by atoms with Crippen LogP contribution < -0.4 is 15.8 Å². The van der Waals surface area contributed by atoms with E-state index in [0.29, 0.717) is 35.0 Å². The zero-order valence-electron chi connectivity index (χ0n) is 14.6. The monoisotopic (exact) mass is 366 g/mol. The summed E-state index contributed by atoms with van der Waals surface area (Å²) in [5, 5.41) is 14.8. The molecular formula is C18H18N6O3. The Balaban J connectivity index is 1.67. The summed E-state index contributed by atoms with van der Waals surface area (Å²) in [4.78, 5) is 24.6. The standard InChI is InChI=1S/C18H18N6O3/c1-2-27-15-6-4-3-5-14(15)20-16(25)11-24-22-18(21-23-24)13-9-7-12(8-10-13)17(19)26/h3-10H,2,11H2,1H3,(H2,19,26)(H,20,25). The first-order valence-corrected chi connectivity index (χ1v) is 8.26. The molecule has 9 nitrogen and oxygen atoms in total. The fourth-order valence-electron chi connectivity index (χ4n) is 2.38. The lowest BCUT2D eigenvalue weighted by molar-refractivity contribution is -0.117.